The van der Waals surface area contributed by atoms with E-state index in [0.717, 1.165) is 37.2 Å². The van der Waals surface area contributed by atoms with Crippen molar-refractivity contribution in [2.75, 3.05) is 29.4 Å². The van der Waals surface area contributed by atoms with Crippen LogP contribution in [0.5, 0.6) is 11.5 Å². The molecule has 0 aromatic heterocycles. The summed E-state index contributed by atoms with van der Waals surface area (Å²) in [7, 11) is 0. The van der Waals surface area contributed by atoms with Crippen molar-refractivity contribution in [3.63, 3.8) is 0 Å². The van der Waals surface area contributed by atoms with Crippen LogP contribution in [0.1, 0.15) is 32.6 Å². The molecule has 1 N–H and O–H groups in total. The van der Waals surface area contributed by atoms with E-state index >= 15 is 0 Å². The fourth-order valence-corrected chi connectivity index (χ4v) is 4.88. The number of alkyl halides is 3. The maximum Gasteiger partial charge on any atom is 0.573 e. The van der Waals surface area contributed by atoms with Crippen molar-refractivity contribution in [2.24, 2.45) is 5.92 Å². The topological polar surface area (TPSA) is 62.2 Å². The van der Waals surface area contributed by atoms with Crippen LogP contribution in [0.15, 0.2) is 48.5 Å². The molecule has 0 radical (unpaired) electrons. The number of benzene rings is 2. The number of aliphatic carboxylic acids is 1. The van der Waals surface area contributed by atoms with Gasteiger partial charge in [0.05, 0.1) is 6.42 Å². The third-order valence-electron chi connectivity index (χ3n) is 6.36. The Bertz CT molecular complexity index is 975. The molecule has 0 bridgehead atoms. The summed E-state index contributed by atoms with van der Waals surface area (Å²) in [6, 6.07) is 13.8. The number of nitrogens with zero attached hydrogens (tertiary/aromatic N) is 2. The first kappa shape index (κ1) is 24.0. The van der Waals surface area contributed by atoms with Crippen LogP contribution < -0.4 is 19.3 Å². The molecule has 2 aromatic carbocycles. The zero-order valence-corrected chi connectivity index (χ0v) is 19.0. The normalized spacial score (nSPS) is 21.5. The van der Waals surface area contributed by atoms with Crippen LogP contribution in [0.25, 0.3) is 0 Å². The number of ether oxygens (including phenoxy) is 2. The molecule has 0 aliphatic carbocycles. The van der Waals surface area contributed by atoms with Gasteiger partial charge in [-0.2, -0.15) is 0 Å². The molecule has 0 spiro atoms. The lowest BCUT2D eigenvalue weighted by Crippen LogP contribution is -2.38. The Morgan fingerprint density at radius 3 is 2.41 bits per heavy atom. The summed E-state index contributed by atoms with van der Waals surface area (Å²) in [5, 5.41) is 9.20. The van der Waals surface area contributed by atoms with Crippen LogP contribution in [0.4, 0.5) is 24.5 Å². The smallest absolute Gasteiger partial charge is 0.490 e. The lowest BCUT2D eigenvalue weighted by Gasteiger charge is -2.34. The molecular weight excluding hydrogens is 449 g/mol. The summed E-state index contributed by atoms with van der Waals surface area (Å²) in [5.41, 5.74) is 1.69. The third kappa shape index (κ3) is 6.27. The number of carboxylic acid groups (broad SMARTS) is 1. The first-order valence-corrected chi connectivity index (χ1v) is 11.5. The summed E-state index contributed by atoms with van der Waals surface area (Å²) in [6.45, 7) is 4.31. The molecular formula is C25H29F3N2O4. The van der Waals surface area contributed by atoms with Crippen molar-refractivity contribution < 1.29 is 32.5 Å². The summed E-state index contributed by atoms with van der Waals surface area (Å²) >= 11 is 0. The fourth-order valence-electron chi connectivity index (χ4n) is 4.88. The monoisotopic (exact) mass is 478 g/mol. The second-order valence-corrected chi connectivity index (χ2v) is 9.09. The number of halogens is 3. The van der Waals surface area contributed by atoms with Crippen LogP contribution in [-0.2, 0) is 4.79 Å². The maximum absolute atomic E-state index is 12.5. The molecule has 2 aliphatic rings. The highest BCUT2D eigenvalue weighted by atomic mass is 19.4. The number of hydrogen-bond donors (Lipinski definition) is 1. The lowest BCUT2D eigenvalue weighted by molar-refractivity contribution is -0.274. The Kier molecular flexibility index (Phi) is 7.09. The van der Waals surface area contributed by atoms with E-state index in [1.807, 2.05) is 29.2 Å². The standard InChI is InChI=1S/C25H29F3N2O4/c1-17-13-20(15-24(31)32)30(16-17)18-5-7-21(8-6-18)33-22-9-11-29(12-10-22)19-3-2-4-23(14-19)34-25(26,27)28/h2-8,14,17,20,22H,9-13,15-16H2,1H3,(H,31,32)/t17-,20-/m1/s1. The number of piperidine rings is 1. The predicted octanol–water partition coefficient (Wildman–Crippen LogP) is 5.32. The quantitative estimate of drug-likeness (QED) is 0.581. The maximum atomic E-state index is 12.5. The number of carbonyl (C=O) groups is 1. The van der Waals surface area contributed by atoms with Crippen molar-refractivity contribution >= 4 is 17.3 Å². The average molecular weight is 479 g/mol. The van der Waals surface area contributed by atoms with Crippen molar-refractivity contribution in [2.45, 2.75) is 51.1 Å². The Morgan fingerprint density at radius 2 is 1.76 bits per heavy atom. The van der Waals surface area contributed by atoms with Gasteiger partial charge in [-0.05, 0) is 48.7 Å². The highest BCUT2D eigenvalue weighted by Gasteiger charge is 2.32. The van der Waals surface area contributed by atoms with Gasteiger partial charge in [-0.3, -0.25) is 4.79 Å². The molecule has 0 saturated carbocycles. The molecule has 9 heteroatoms. The van der Waals surface area contributed by atoms with Gasteiger partial charge in [0.15, 0.2) is 0 Å². The van der Waals surface area contributed by atoms with Crippen molar-refractivity contribution in [3.8, 4) is 11.5 Å². The highest BCUT2D eigenvalue weighted by molar-refractivity contribution is 5.69. The van der Waals surface area contributed by atoms with Gasteiger partial charge >= 0.3 is 12.3 Å². The molecule has 0 unspecified atom stereocenters. The third-order valence-corrected chi connectivity index (χ3v) is 6.36. The largest absolute Gasteiger partial charge is 0.573 e. The molecule has 2 aliphatic heterocycles. The van der Waals surface area contributed by atoms with E-state index in [2.05, 4.69) is 16.6 Å². The Hall–Kier alpha value is -3.10. The zero-order chi connectivity index (χ0) is 24.3. The molecule has 2 heterocycles. The molecule has 2 aromatic rings. The molecule has 2 fully saturated rings. The van der Waals surface area contributed by atoms with Gasteiger partial charge < -0.3 is 24.4 Å². The van der Waals surface area contributed by atoms with Crippen LogP contribution in [0.3, 0.4) is 0 Å². The van der Waals surface area contributed by atoms with Crippen LogP contribution in [-0.4, -0.2) is 49.2 Å². The second kappa shape index (κ2) is 10.0. The first-order valence-electron chi connectivity index (χ1n) is 11.5. The zero-order valence-electron chi connectivity index (χ0n) is 19.0. The van der Waals surface area contributed by atoms with E-state index in [-0.39, 0.29) is 24.3 Å². The van der Waals surface area contributed by atoms with E-state index < -0.39 is 12.3 Å². The van der Waals surface area contributed by atoms with Crippen LogP contribution in [0, 0.1) is 5.92 Å². The van der Waals surface area contributed by atoms with Gasteiger partial charge in [0.2, 0.25) is 0 Å². The minimum absolute atomic E-state index is 0.00336. The molecule has 2 saturated heterocycles. The van der Waals surface area contributed by atoms with Crippen molar-refractivity contribution in [3.05, 3.63) is 48.5 Å². The first-order chi connectivity index (χ1) is 16.2. The van der Waals surface area contributed by atoms with Gasteiger partial charge in [0.1, 0.15) is 17.6 Å². The van der Waals surface area contributed by atoms with Gasteiger partial charge in [-0.15, -0.1) is 13.2 Å². The van der Waals surface area contributed by atoms with Crippen LogP contribution in [0.2, 0.25) is 0 Å². The summed E-state index contributed by atoms with van der Waals surface area (Å²) < 4.78 is 47.7. The molecule has 2 atom stereocenters. The summed E-state index contributed by atoms with van der Waals surface area (Å²) in [5.74, 6) is 0.201. The molecule has 0 amide bonds. The number of rotatable bonds is 7. The number of anilines is 2. The van der Waals surface area contributed by atoms with E-state index in [4.69, 9.17) is 4.74 Å². The molecule has 34 heavy (non-hydrogen) atoms. The minimum Gasteiger partial charge on any atom is -0.490 e. The van der Waals surface area contributed by atoms with Gasteiger partial charge in [0.25, 0.3) is 0 Å². The number of hydrogen-bond acceptors (Lipinski definition) is 5. The van der Waals surface area contributed by atoms with E-state index in [9.17, 15) is 23.1 Å². The second-order valence-electron chi connectivity index (χ2n) is 9.09. The molecule has 4 rings (SSSR count). The van der Waals surface area contributed by atoms with Gasteiger partial charge in [-0.1, -0.05) is 13.0 Å². The highest BCUT2D eigenvalue weighted by Crippen LogP contribution is 2.33. The van der Waals surface area contributed by atoms with E-state index in [1.165, 1.54) is 12.1 Å². The average Bonchev–Trinajstić information content (AvgIpc) is 3.13. The lowest BCUT2D eigenvalue weighted by atomic mass is 10.1. The predicted molar refractivity (Wildman–Crippen MR) is 123 cm³/mol. The SMILES string of the molecule is C[C@@H]1C[C@H](CC(=O)O)N(c2ccc(OC3CCN(c4cccc(OC(F)(F)F)c4)CC3)cc2)C1. The summed E-state index contributed by atoms with van der Waals surface area (Å²) in [6.07, 6.45) is -2.20. The van der Waals surface area contributed by atoms with Crippen molar-refractivity contribution in [1.29, 1.82) is 0 Å². The minimum atomic E-state index is -4.71. The van der Waals surface area contributed by atoms with Crippen LogP contribution >= 0.6 is 0 Å². The number of carboxylic acids is 1. The van der Waals surface area contributed by atoms with Gasteiger partial charge in [-0.25, -0.2) is 0 Å². The fraction of sp³-hybridized carbons (Fsp3) is 0.480. The van der Waals surface area contributed by atoms with E-state index in [1.54, 1.807) is 12.1 Å². The molecule has 184 valence electrons. The Morgan fingerprint density at radius 1 is 1.06 bits per heavy atom. The molecule has 6 nitrogen and oxygen atoms in total. The van der Waals surface area contributed by atoms with Crippen molar-refractivity contribution in [1.82, 2.24) is 0 Å². The van der Waals surface area contributed by atoms with Gasteiger partial charge in [0, 0.05) is 56.0 Å². The Labute approximate surface area is 196 Å². The van der Waals surface area contributed by atoms with E-state index in [0.29, 0.717) is 24.7 Å². The summed E-state index contributed by atoms with van der Waals surface area (Å²) in [4.78, 5) is 15.4. The Balaban J connectivity index is 1.31.